The van der Waals surface area contributed by atoms with Gasteiger partial charge in [-0.1, -0.05) is 48.5 Å². The molecule has 0 bridgehead atoms. The lowest BCUT2D eigenvalue weighted by Gasteiger charge is -2.32. The molecular formula is C19H23BO2S. The Balaban J connectivity index is 1.99. The molecule has 0 aliphatic carbocycles. The van der Waals surface area contributed by atoms with E-state index in [0.717, 1.165) is 5.47 Å². The zero-order chi connectivity index (χ0) is 16.7. The van der Waals surface area contributed by atoms with Crippen molar-refractivity contribution in [2.75, 3.05) is 5.75 Å². The van der Waals surface area contributed by atoms with Gasteiger partial charge in [0.2, 0.25) is 0 Å². The van der Waals surface area contributed by atoms with Gasteiger partial charge in [0.25, 0.3) is 0 Å². The molecule has 0 radical (unpaired) electrons. The van der Waals surface area contributed by atoms with Crippen molar-refractivity contribution in [1.82, 2.24) is 0 Å². The lowest BCUT2D eigenvalue weighted by atomic mass is 9.78. The van der Waals surface area contributed by atoms with E-state index in [1.54, 1.807) is 0 Å². The molecule has 1 saturated heterocycles. The fraction of sp³-hybridized carbons (Fsp3) is 0.368. The second kappa shape index (κ2) is 6.01. The second-order valence-corrected chi connectivity index (χ2v) is 7.35. The van der Waals surface area contributed by atoms with Crippen LogP contribution in [-0.4, -0.2) is 24.1 Å². The summed E-state index contributed by atoms with van der Waals surface area (Å²) in [6.45, 7) is 8.28. The summed E-state index contributed by atoms with van der Waals surface area (Å²) in [7, 11) is -0.350. The van der Waals surface area contributed by atoms with Gasteiger partial charge in [0.05, 0.1) is 11.2 Å². The molecule has 2 aromatic rings. The summed E-state index contributed by atoms with van der Waals surface area (Å²) in [4.78, 5) is 0. The molecule has 1 aliphatic rings. The first-order chi connectivity index (χ1) is 10.8. The van der Waals surface area contributed by atoms with Crippen LogP contribution in [0.1, 0.15) is 33.3 Å². The van der Waals surface area contributed by atoms with Crippen LogP contribution in [0, 0.1) is 0 Å². The van der Waals surface area contributed by atoms with E-state index in [-0.39, 0.29) is 18.3 Å². The Bertz CT molecular complexity index is 731. The van der Waals surface area contributed by atoms with Gasteiger partial charge in [0.15, 0.2) is 0 Å². The molecule has 0 aromatic heterocycles. The van der Waals surface area contributed by atoms with Crippen molar-refractivity contribution in [3.63, 3.8) is 0 Å². The maximum absolute atomic E-state index is 6.16. The van der Waals surface area contributed by atoms with Crippen LogP contribution >= 0.6 is 12.6 Å². The van der Waals surface area contributed by atoms with Crippen LogP contribution < -0.4 is 0 Å². The lowest BCUT2D eigenvalue weighted by molar-refractivity contribution is 0.00578. The van der Waals surface area contributed by atoms with Crippen LogP contribution in [0.15, 0.2) is 47.9 Å². The van der Waals surface area contributed by atoms with E-state index in [0.29, 0.717) is 5.75 Å². The summed E-state index contributed by atoms with van der Waals surface area (Å²) in [6.07, 6.45) is 2.15. The zero-order valence-electron chi connectivity index (χ0n) is 14.2. The number of benzene rings is 2. The zero-order valence-corrected chi connectivity index (χ0v) is 15.1. The summed E-state index contributed by atoms with van der Waals surface area (Å²) < 4.78 is 12.3. The Morgan fingerprint density at radius 1 is 1.00 bits per heavy atom. The Morgan fingerprint density at radius 3 is 2.26 bits per heavy atom. The Hall–Kier alpha value is -1.23. The lowest BCUT2D eigenvalue weighted by Crippen LogP contribution is -2.41. The minimum Gasteiger partial charge on any atom is -0.400 e. The van der Waals surface area contributed by atoms with E-state index in [1.807, 2.05) is 0 Å². The fourth-order valence-corrected chi connectivity index (χ4v) is 3.00. The van der Waals surface area contributed by atoms with E-state index in [4.69, 9.17) is 9.31 Å². The van der Waals surface area contributed by atoms with Gasteiger partial charge in [0.1, 0.15) is 0 Å². The summed E-state index contributed by atoms with van der Waals surface area (Å²) >= 11 is 4.50. The van der Waals surface area contributed by atoms with Crippen LogP contribution in [0.25, 0.3) is 16.8 Å². The summed E-state index contributed by atoms with van der Waals surface area (Å²) in [5, 5.41) is 2.46. The molecule has 120 valence electrons. The van der Waals surface area contributed by atoms with Crippen molar-refractivity contribution in [3.8, 4) is 0 Å². The Labute approximate surface area is 144 Å². The molecule has 1 fully saturated rings. The summed E-state index contributed by atoms with van der Waals surface area (Å²) in [5.74, 6) is 0.597. The predicted octanol–water partition coefficient (Wildman–Crippen LogP) is 4.78. The number of hydrogen-bond donors (Lipinski definition) is 1. The highest BCUT2D eigenvalue weighted by Crippen LogP contribution is 2.39. The van der Waals surface area contributed by atoms with E-state index < -0.39 is 0 Å². The Kier molecular flexibility index (Phi) is 4.34. The van der Waals surface area contributed by atoms with Gasteiger partial charge in [-0.2, -0.15) is 12.6 Å². The largest absolute Gasteiger partial charge is 0.491 e. The standard InChI is InChI=1S/C19H23BO2S/c1-18(2)19(3,4)22-20(21-18)16(13-23)12-15-10-7-9-14-8-5-6-11-17(14)15/h5-12,23H,13H2,1-4H3. The topological polar surface area (TPSA) is 18.5 Å². The Morgan fingerprint density at radius 2 is 1.61 bits per heavy atom. The number of rotatable bonds is 3. The molecule has 2 aromatic carbocycles. The van der Waals surface area contributed by atoms with Crippen LogP contribution in [0.3, 0.4) is 0 Å². The maximum atomic E-state index is 6.16. The van der Waals surface area contributed by atoms with Gasteiger partial charge in [-0.25, -0.2) is 0 Å². The normalized spacial score (nSPS) is 20.2. The highest BCUT2D eigenvalue weighted by atomic mass is 32.1. The van der Waals surface area contributed by atoms with Crippen molar-refractivity contribution >= 4 is 36.6 Å². The molecule has 4 heteroatoms. The first-order valence-electron chi connectivity index (χ1n) is 7.99. The van der Waals surface area contributed by atoms with E-state index in [2.05, 4.69) is 88.9 Å². The van der Waals surface area contributed by atoms with Crippen molar-refractivity contribution in [2.45, 2.75) is 38.9 Å². The third kappa shape index (κ3) is 3.08. The highest BCUT2D eigenvalue weighted by molar-refractivity contribution is 7.80. The van der Waals surface area contributed by atoms with E-state index in [9.17, 15) is 0 Å². The molecule has 23 heavy (non-hydrogen) atoms. The monoisotopic (exact) mass is 326 g/mol. The van der Waals surface area contributed by atoms with Crippen LogP contribution in [0.2, 0.25) is 0 Å². The van der Waals surface area contributed by atoms with Gasteiger partial charge in [-0.3, -0.25) is 0 Å². The smallest absolute Gasteiger partial charge is 0.400 e. The van der Waals surface area contributed by atoms with Crippen LogP contribution in [0.4, 0.5) is 0 Å². The average Bonchev–Trinajstić information content (AvgIpc) is 2.73. The van der Waals surface area contributed by atoms with E-state index in [1.165, 1.54) is 16.3 Å². The maximum Gasteiger partial charge on any atom is 0.491 e. The van der Waals surface area contributed by atoms with Crippen molar-refractivity contribution in [1.29, 1.82) is 0 Å². The first-order valence-corrected chi connectivity index (χ1v) is 8.62. The number of thiol groups is 1. The quantitative estimate of drug-likeness (QED) is 0.646. The number of hydrogen-bond acceptors (Lipinski definition) is 3. The third-order valence-electron chi connectivity index (χ3n) is 4.90. The molecule has 0 unspecified atom stereocenters. The van der Waals surface area contributed by atoms with Crippen molar-refractivity contribution in [3.05, 3.63) is 53.5 Å². The third-order valence-corrected chi connectivity index (χ3v) is 5.27. The van der Waals surface area contributed by atoms with Gasteiger partial charge in [-0.05, 0) is 49.5 Å². The minimum absolute atomic E-state index is 0.335. The van der Waals surface area contributed by atoms with Crippen molar-refractivity contribution < 1.29 is 9.31 Å². The summed E-state index contributed by atoms with van der Waals surface area (Å²) in [5.41, 5.74) is 1.54. The molecule has 1 aliphatic heterocycles. The first kappa shape index (κ1) is 16.6. The number of fused-ring (bicyclic) bond motifs is 1. The second-order valence-electron chi connectivity index (χ2n) is 7.03. The average molecular weight is 326 g/mol. The van der Waals surface area contributed by atoms with Crippen molar-refractivity contribution in [2.24, 2.45) is 0 Å². The fourth-order valence-electron chi connectivity index (χ4n) is 2.76. The van der Waals surface area contributed by atoms with Gasteiger partial charge >= 0.3 is 7.12 Å². The van der Waals surface area contributed by atoms with E-state index >= 15 is 0 Å². The predicted molar refractivity (Wildman–Crippen MR) is 102 cm³/mol. The molecule has 0 saturated carbocycles. The molecule has 1 heterocycles. The molecule has 0 N–H and O–H groups in total. The molecule has 0 atom stereocenters. The van der Waals surface area contributed by atoms with Crippen LogP contribution in [-0.2, 0) is 9.31 Å². The molecule has 0 amide bonds. The summed E-state index contributed by atoms with van der Waals surface area (Å²) in [6, 6.07) is 14.7. The van der Waals surface area contributed by atoms with Crippen LogP contribution in [0.5, 0.6) is 0 Å². The van der Waals surface area contributed by atoms with Gasteiger partial charge < -0.3 is 9.31 Å². The molecule has 3 rings (SSSR count). The molecule has 0 spiro atoms. The SMILES string of the molecule is CC1(C)OB(C(=Cc2cccc3ccccc23)CS)OC1(C)C. The highest BCUT2D eigenvalue weighted by Gasteiger charge is 2.52. The van der Waals surface area contributed by atoms with Gasteiger partial charge in [0, 0.05) is 5.75 Å². The minimum atomic E-state index is -0.350. The molecular weight excluding hydrogens is 303 g/mol. The molecule has 2 nitrogen and oxygen atoms in total. The van der Waals surface area contributed by atoms with Gasteiger partial charge in [-0.15, -0.1) is 0 Å².